The summed E-state index contributed by atoms with van der Waals surface area (Å²) in [4.78, 5) is 25.7. The fraction of sp³-hybridized carbons (Fsp3) is 0.259. The molecule has 0 bridgehead atoms. The van der Waals surface area contributed by atoms with E-state index in [-0.39, 0.29) is 22.6 Å². The van der Waals surface area contributed by atoms with E-state index in [0.717, 1.165) is 24.0 Å². The molecule has 0 fully saturated rings. The van der Waals surface area contributed by atoms with E-state index in [4.69, 9.17) is 11.6 Å². The smallest absolute Gasteiger partial charge is 0.324 e. The summed E-state index contributed by atoms with van der Waals surface area (Å²) in [6.45, 7) is 5.37. The first-order chi connectivity index (χ1) is 17.5. The van der Waals surface area contributed by atoms with Gasteiger partial charge in [0.15, 0.2) is 5.78 Å². The zero-order valence-electron chi connectivity index (χ0n) is 21.1. The van der Waals surface area contributed by atoms with Gasteiger partial charge in [-0.25, -0.2) is 8.42 Å². The predicted octanol–water partition coefficient (Wildman–Crippen LogP) is 6.29. The van der Waals surface area contributed by atoms with Crippen molar-refractivity contribution in [3.63, 3.8) is 0 Å². The Labute approximate surface area is 224 Å². The molecule has 0 radical (unpaired) electrons. The second-order valence-corrected chi connectivity index (χ2v) is 12.0. The Hall–Kier alpha value is -3.37. The lowest BCUT2D eigenvalue weighted by atomic mass is 9.86. The van der Waals surface area contributed by atoms with Crippen molar-refractivity contribution >= 4 is 44.7 Å². The minimum Gasteiger partial charge on any atom is -0.324 e. The van der Waals surface area contributed by atoms with Crippen LogP contribution in [0.4, 0.5) is 24.5 Å². The highest BCUT2D eigenvalue weighted by atomic mass is 35.5. The van der Waals surface area contributed by atoms with Crippen molar-refractivity contribution in [1.29, 1.82) is 0 Å². The molecule has 6 nitrogen and oxygen atoms in total. The van der Waals surface area contributed by atoms with Crippen LogP contribution in [0.1, 0.15) is 47.8 Å². The maximum atomic E-state index is 13.3. The van der Waals surface area contributed by atoms with Gasteiger partial charge in [-0.3, -0.25) is 13.9 Å². The molecule has 0 aliphatic carbocycles. The predicted molar refractivity (Wildman–Crippen MR) is 142 cm³/mol. The number of rotatable bonds is 7. The summed E-state index contributed by atoms with van der Waals surface area (Å²) < 4.78 is 65.1. The number of ketones is 1. The minimum absolute atomic E-state index is 0.0774. The second-order valence-electron chi connectivity index (χ2n) is 9.72. The molecule has 1 N–H and O–H groups in total. The van der Waals surface area contributed by atoms with Gasteiger partial charge in [-0.05, 0) is 41.3 Å². The van der Waals surface area contributed by atoms with Gasteiger partial charge < -0.3 is 5.32 Å². The van der Waals surface area contributed by atoms with Crippen molar-refractivity contribution in [3.8, 4) is 0 Å². The monoisotopic (exact) mass is 566 g/mol. The second kappa shape index (κ2) is 10.8. The summed E-state index contributed by atoms with van der Waals surface area (Å²) in [5.41, 5.74) is 0.342. The van der Waals surface area contributed by atoms with Crippen molar-refractivity contribution in [3.05, 3.63) is 94.0 Å². The number of nitrogens with one attached hydrogen (secondary N) is 1. The highest BCUT2D eigenvalue weighted by Crippen LogP contribution is 2.37. The Morgan fingerprint density at radius 1 is 0.921 bits per heavy atom. The number of amides is 1. The van der Waals surface area contributed by atoms with Gasteiger partial charge in [0.25, 0.3) is 0 Å². The number of nitrogens with zero attached hydrogens (tertiary/aromatic N) is 1. The van der Waals surface area contributed by atoms with Gasteiger partial charge in [0.2, 0.25) is 15.9 Å². The minimum atomic E-state index is -4.82. The van der Waals surface area contributed by atoms with Crippen LogP contribution >= 0.6 is 11.6 Å². The van der Waals surface area contributed by atoms with Gasteiger partial charge >= 0.3 is 6.18 Å². The molecule has 3 aromatic carbocycles. The third-order valence-corrected chi connectivity index (χ3v) is 7.12. The van der Waals surface area contributed by atoms with Gasteiger partial charge in [-0.15, -0.1) is 0 Å². The molecule has 38 heavy (non-hydrogen) atoms. The highest BCUT2D eigenvalue weighted by Gasteiger charge is 2.34. The molecule has 0 saturated carbocycles. The maximum Gasteiger partial charge on any atom is 0.417 e. The van der Waals surface area contributed by atoms with Crippen LogP contribution < -0.4 is 9.62 Å². The molecule has 0 aliphatic rings. The van der Waals surface area contributed by atoms with Crippen molar-refractivity contribution in [1.82, 2.24) is 0 Å². The third-order valence-electron chi connectivity index (χ3n) is 5.65. The molecule has 3 rings (SSSR count). The molecule has 0 unspecified atom stereocenters. The average Bonchev–Trinajstić information content (AvgIpc) is 2.81. The van der Waals surface area contributed by atoms with Crippen molar-refractivity contribution in [2.45, 2.75) is 32.4 Å². The topological polar surface area (TPSA) is 83.6 Å². The SMILES string of the molecule is CC(C)(C)c1ccc(C(=O)c2cccc(NC(=O)CN(c3ccc(Cl)c(C(F)(F)F)c3)S(C)(=O)=O)c2)cc1. The Morgan fingerprint density at radius 3 is 2.11 bits per heavy atom. The number of carbonyl (C=O) groups excluding carboxylic acids is 2. The first-order valence-corrected chi connectivity index (χ1v) is 13.6. The molecule has 0 atom stereocenters. The van der Waals surface area contributed by atoms with E-state index in [2.05, 4.69) is 26.1 Å². The molecule has 11 heteroatoms. The number of benzene rings is 3. The molecule has 0 heterocycles. The largest absolute Gasteiger partial charge is 0.417 e. The Kier molecular flexibility index (Phi) is 8.28. The van der Waals surface area contributed by atoms with Gasteiger partial charge in [0.05, 0.1) is 22.5 Å². The van der Waals surface area contributed by atoms with Crippen LogP contribution in [0, 0.1) is 0 Å². The number of hydrogen-bond acceptors (Lipinski definition) is 4. The number of halogens is 4. The van der Waals surface area contributed by atoms with E-state index >= 15 is 0 Å². The fourth-order valence-corrected chi connectivity index (χ4v) is 4.72. The molecule has 3 aromatic rings. The van der Waals surface area contributed by atoms with Gasteiger partial charge in [0, 0.05) is 16.8 Å². The van der Waals surface area contributed by atoms with Crippen LogP contribution in [0.25, 0.3) is 0 Å². The lowest BCUT2D eigenvalue weighted by molar-refractivity contribution is -0.137. The molecule has 0 spiro atoms. The molecular formula is C27H26ClF3N2O4S. The summed E-state index contributed by atoms with van der Waals surface area (Å²) in [5.74, 6) is -1.10. The Balaban J connectivity index is 1.81. The van der Waals surface area contributed by atoms with Gasteiger partial charge in [-0.2, -0.15) is 13.2 Å². The summed E-state index contributed by atoms with van der Waals surface area (Å²) in [6.07, 6.45) is -4.05. The van der Waals surface area contributed by atoms with Crippen LogP contribution in [-0.2, 0) is 26.4 Å². The summed E-state index contributed by atoms with van der Waals surface area (Å²) in [7, 11) is -4.14. The molecular weight excluding hydrogens is 541 g/mol. The van der Waals surface area contributed by atoms with E-state index in [0.29, 0.717) is 21.5 Å². The number of carbonyl (C=O) groups is 2. The van der Waals surface area contributed by atoms with Crippen LogP contribution in [0.15, 0.2) is 66.7 Å². The van der Waals surface area contributed by atoms with E-state index < -0.39 is 39.2 Å². The van der Waals surface area contributed by atoms with Gasteiger partial charge in [-0.1, -0.05) is 68.8 Å². The van der Waals surface area contributed by atoms with E-state index in [9.17, 15) is 31.2 Å². The zero-order valence-corrected chi connectivity index (χ0v) is 22.6. The normalized spacial score (nSPS) is 12.2. The lowest BCUT2D eigenvalue weighted by Gasteiger charge is -2.23. The summed E-state index contributed by atoms with van der Waals surface area (Å²) in [6, 6.07) is 15.8. The molecule has 0 aromatic heterocycles. The van der Waals surface area contributed by atoms with E-state index in [1.54, 1.807) is 24.3 Å². The molecule has 1 amide bonds. The van der Waals surface area contributed by atoms with Crippen LogP contribution in [-0.4, -0.2) is 32.9 Å². The number of alkyl halides is 3. The van der Waals surface area contributed by atoms with Crippen LogP contribution in [0.3, 0.4) is 0 Å². The first kappa shape index (κ1) is 29.2. The number of sulfonamides is 1. The number of hydrogen-bond donors (Lipinski definition) is 1. The van der Waals surface area contributed by atoms with Crippen molar-refractivity contribution < 1.29 is 31.2 Å². The Bertz CT molecular complexity index is 1460. The highest BCUT2D eigenvalue weighted by molar-refractivity contribution is 7.92. The van der Waals surface area contributed by atoms with E-state index in [1.165, 1.54) is 12.1 Å². The van der Waals surface area contributed by atoms with Gasteiger partial charge in [0.1, 0.15) is 6.54 Å². The van der Waals surface area contributed by atoms with Crippen LogP contribution in [0.2, 0.25) is 5.02 Å². The van der Waals surface area contributed by atoms with Crippen molar-refractivity contribution in [2.24, 2.45) is 0 Å². The van der Waals surface area contributed by atoms with Crippen LogP contribution in [0.5, 0.6) is 0 Å². The fourth-order valence-electron chi connectivity index (χ4n) is 3.64. The average molecular weight is 567 g/mol. The molecule has 0 saturated heterocycles. The summed E-state index contributed by atoms with van der Waals surface area (Å²) >= 11 is 5.63. The standard InChI is InChI=1S/C27H26ClF3N2O4S/c1-26(2,3)19-10-8-17(9-11-19)25(35)18-6-5-7-20(14-18)32-24(34)16-33(38(4,36)37)21-12-13-23(28)22(15-21)27(29,30)31/h5-15H,16H2,1-4H3,(H,32,34). The third kappa shape index (κ3) is 7.14. The molecule has 202 valence electrons. The number of anilines is 2. The first-order valence-electron chi connectivity index (χ1n) is 11.4. The lowest BCUT2D eigenvalue weighted by Crippen LogP contribution is -2.37. The van der Waals surface area contributed by atoms with Crippen molar-refractivity contribution in [2.75, 3.05) is 22.4 Å². The quantitative estimate of drug-likeness (QED) is 0.341. The maximum absolute atomic E-state index is 13.3. The zero-order chi connectivity index (χ0) is 28.5. The molecule has 0 aliphatic heterocycles. The Morgan fingerprint density at radius 2 is 1.55 bits per heavy atom. The summed E-state index contributed by atoms with van der Waals surface area (Å²) in [5, 5.41) is 1.90. The van der Waals surface area contributed by atoms with E-state index in [1.807, 2.05) is 12.1 Å².